The van der Waals surface area contributed by atoms with Gasteiger partial charge in [0.2, 0.25) is 5.88 Å². The lowest BCUT2D eigenvalue weighted by Gasteiger charge is -2.14. The molecule has 0 radical (unpaired) electrons. The summed E-state index contributed by atoms with van der Waals surface area (Å²) in [6.07, 6.45) is 2.34. The molecular formula is C21H16Cl2N4O4S. The van der Waals surface area contributed by atoms with Crippen molar-refractivity contribution in [1.29, 1.82) is 0 Å². The molecule has 1 atom stereocenters. The van der Waals surface area contributed by atoms with E-state index in [9.17, 15) is 4.79 Å². The Morgan fingerprint density at radius 2 is 1.84 bits per heavy atom. The molecule has 0 aliphatic carbocycles. The molecule has 0 fully saturated rings. The third kappa shape index (κ3) is 5.83. The highest BCUT2D eigenvalue weighted by atomic mass is 35.5. The van der Waals surface area contributed by atoms with E-state index >= 15 is 0 Å². The SMILES string of the molecule is C[C@@H](Oc1ccc(Oc2cnc3cc(Cl)ccc3n2)cc1)C(=O)NOCc1cnc(Cl)s1. The minimum Gasteiger partial charge on any atom is -0.481 e. The lowest BCUT2D eigenvalue weighted by Crippen LogP contribution is -2.36. The molecule has 0 unspecified atom stereocenters. The fourth-order valence-electron chi connectivity index (χ4n) is 2.59. The molecule has 0 aliphatic heterocycles. The van der Waals surface area contributed by atoms with Crippen LogP contribution < -0.4 is 15.0 Å². The van der Waals surface area contributed by atoms with Gasteiger partial charge in [0, 0.05) is 11.2 Å². The normalized spacial score (nSPS) is 11.8. The number of fused-ring (bicyclic) bond motifs is 1. The summed E-state index contributed by atoms with van der Waals surface area (Å²) in [7, 11) is 0. The van der Waals surface area contributed by atoms with Gasteiger partial charge in [0.25, 0.3) is 5.91 Å². The summed E-state index contributed by atoms with van der Waals surface area (Å²) in [5.41, 5.74) is 3.70. The average molecular weight is 491 g/mol. The van der Waals surface area contributed by atoms with E-state index in [4.69, 9.17) is 37.5 Å². The molecule has 4 aromatic rings. The van der Waals surface area contributed by atoms with Gasteiger partial charge in [-0.1, -0.05) is 23.2 Å². The van der Waals surface area contributed by atoms with E-state index in [1.807, 2.05) is 0 Å². The molecule has 2 aromatic carbocycles. The highest BCUT2D eigenvalue weighted by Gasteiger charge is 2.15. The first kappa shape index (κ1) is 22.2. The third-order valence-corrected chi connectivity index (χ3v) is 5.45. The summed E-state index contributed by atoms with van der Waals surface area (Å²) in [5.74, 6) is 0.963. The van der Waals surface area contributed by atoms with Gasteiger partial charge in [-0.25, -0.2) is 20.4 Å². The van der Waals surface area contributed by atoms with Crippen LogP contribution in [0.4, 0.5) is 0 Å². The Kier molecular flexibility index (Phi) is 7.01. The summed E-state index contributed by atoms with van der Waals surface area (Å²) in [6, 6.07) is 12.0. The van der Waals surface area contributed by atoms with Crippen LogP contribution in [0.15, 0.2) is 54.9 Å². The molecule has 0 saturated heterocycles. The summed E-state index contributed by atoms with van der Waals surface area (Å²) in [5, 5.41) is 0.593. The van der Waals surface area contributed by atoms with E-state index < -0.39 is 12.0 Å². The smallest absolute Gasteiger partial charge is 0.284 e. The van der Waals surface area contributed by atoms with Crippen molar-refractivity contribution in [1.82, 2.24) is 20.4 Å². The van der Waals surface area contributed by atoms with Crippen molar-refractivity contribution in [3.63, 3.8) is 0 Å². The number of nitrogens with zero attached hydrogens (tertiary/aromatic N) is 3. The number of benzene rings is 2. The molecule has 0 bridgehead atoms. The van der Waals surface area contributed by atoms with Crippen LogP contribution >= 0.6 is 34.5 Å². The molecule has 2 aromatic heterocycles. The maximum Gasteiger partial charge on any atom is 0.284 e. The molecule has 32 heavy (non-hydrogen) atoms. The molecule has 2 heterocycles. The van der Waals surface area contributed by atoms with Crippen molar-refractivity contribution in [2.45, 2.75) is 19.6 Å². The average Bonchev–Trinajstić information content (AvgIpc) is 3.20. The molecule has 0 saturated carbocycles. The van der Waals surface area contributed by atoms with E-state index in [1.54, 1.807) is 55.6 Å². The van der Waals surface area contributed by atoms with E-state index in [0.717, 1.165) is 4.88 Å². The highest BCUT2D eigenvalue weighted by Crippen LogP contribution is 2.25. The van der Waals surface area contributed by atoms with Crippen LogP contribution in [0.1, 0.15) is 11.8 Å². The van der Waals surface area contributed by atoms with Gasteiger partial charge in [0.05, 0.1) is 22.1 Å². The zero-order chi connectivity index (χ0) is 22.5. The minimum atomic E-state index is -0.773. The van der Waals surface area contributed by atoms with Crippen LogP contribution in [0.2, 0.25) is 9.49 Å². The first-order chi connectivity index (χ1) is 15.5. The summed E-state index contributed by atoms with van der Waals surface area (Å²) >= 11 is 13.0. The molecule has 4 rings (SSSR count). The van der Waals surface area contributed by atoms with Crippen LogP contribution in [0.3, 0.4) is 0 Å². The second-order valence-corrected chi connectivity index (χ2v) is 8.64. The lowest BCUT2D eigenvalue weighted by atomic mass is 10.3. The lowest BCUT2D eigenvalue weighted by molar-refractivity contribution is -0.141. The zero-order valence-electron chi connectivity index (χ0n) is 16.6. The van der Waals surface area contributed by atoms with Gasteiger partial charge in [-0.05, 0) is 49.4 Å². The molecule has 164 valence electrons. The standard InChI is InChI=1S/C21H16Cl2N4O4S/c1-12(20(28)27-29-11-16-9-25-21(23)32-16)30-14-3-5-15(6-4-14)31-19-10-24-18-8-13(22)2-7-17(18)26-19/h2-10,12H,11H2,1H3,(H,27,28)/t12-/m1/s1. The summed E-state index contributed by atoms with van der Waals surface area (Å²) in [6.45, 7) is 1.78. The summed E-state index contributed by atoms with van der Waals surface area (Å²) in [4.78, 5) is 30.7. The van der Waals surface area contributed by atoms with Crippen molar-refractivity contribution < 1.29 is 19.1 Å². The largest absolute Gasteiger partial charge is 0.481 e. The van der Waals surface area contributed by atoms with Crippen LogP contribution in [-0.4, -0.2) is 27.0 Å². The molecular weight excluding hydrogens is 475 g/mol. The van der Waals surface area contributed by atoms with Crippen molar-refractivity contribution in [2.24, 2.45) is 0 Å². The summed E-state index contributed by atoms with van der Waals surface area (Å²) < 4.78 is 11.8. The number of amides is 1. The first-order valence-corrected chi connectivity index (χ1v) is 10.9. The third-order valence-electron chi connectivity index (χ3n) is 4.12. The van der Waals surface area contributed by atoms with Crippen molar-refractivity contribution >= 4 is 51.5 Å². The maximum atomic E-state index is 12.1. The number of carbonyl (C=O) groups is 1. The van der Waals surface area contributed by atoms with E-state index in [1.165, 1.54) is 17.5 Å². The quantitative estimate of drug-likeness (QED) is 0.339. The second-order valence-electron chi connectivity index (χ2n) is 6.51. The zero-order valence-corrected chi connectivity index (χ0v) is 18.9. The van der Waals surface area contributed by atoms with Crippen LogP contribution in [0, 0.1) is 0 Å². The van der Waals surface area contributed by atoms with E-state index in [-0.39, 0.29) is 6.61 Å². The number of ether oxygens (including phenoxy) is 2. The van der Waals surface area contributed by atoms with Crippen molar-refractivity contribution in [3.05, 3.63) is 69.2 Å². The Balaban J connectivity index is 1.29. The molecule has 1 N–H and O–H groups in total. The molecule has 0 spiro atoms. The molecule has 0 aliphatic rings. The number of rotatable bonds is 8. The van der Waals surface area contributed by atoms with Gasteiger partial charge in [-0.15, -0.1) is 11.3 Å². The molecule has 1 amide bonds. The van der Waals surface area contributed by atoms with Gasteiger partial charge in [-0.3, -0.25) is 9.63 Å². The van der Waals surface area contributed by atoms with E-state index in [0.29, 0.717) is 37.9 Å². The van der Waals surface area contributed by atoms with E-state index in [2.05, 4.69) is 20.4 Å². The maximum absolute atomic E-state index is 12.1. The highest BCUT2D eigenvalue weighted by molar-refractivity contribution is 7.15. The van der Waals surface area contributed by atoms with Gasteiger partial charge < -0.3 is 9.47 Å². The number of hydrogen-bond acceptors (Lipinski definition) is 8. The van der Waals surface area contributed by atoms with Gasteiger partial charge in [0.15, 0.2) is 10.6 Å². The van der Waals surface area contributed by atoms with Gasteiger partial charge >= 0.3 is 0 Å². The Hall–Kier alpha value is -2.98. The number of hydroxylamine groups is 1. The Bertz CT molecular complexity index is 1240. The Morgan fingerprint density at radius 1 is 1.06 bits per heavy atom. The van der Waals surface area contributed by atoms with Crippen LogP contribution in [0.5, 0.6) is 17.4 Å². The fraction of sp³-hybridized carbons (Fsp3) is 0.143. The van der Waals surface area contributed by atoms with Gasteiger partial charge in [-0.2, -0.15) is 0 Å². The molecule has 8 nitrogen and oxygen atoms in total. The number of nitrogens with one attached hydrogen (secondary N) is 1. The predicted octanol–water partition coefficient (Wildman–Crippen LogP) is 5.20. The topological polar surface area (TPSA) is 95.5 Å². The number of aromatic nitrogens is 3. The minimum absolute atomic E-state index is 0.166. The van der Waals surface area contributed by atoms with Crippen molar-refractivity contribution in [2.75, 3.05) is 0 Å². The monoisotopic (exact) mass is 490 g/mol. The number of carbonyl (C=O) groups excluding carboxylic acids is 1. The molecule has 11 heteroatoms. The number of hydrogen-bond donors (Lipinski definition) is 1. The fourth-order valence-corrected chi connectivity index (χ4v) is 3.65. The van der Waals surface area contributed by atoms with Gasteiger partial charge in [0.1, 0.15) is 18.1 Å². The van der Waals surface area contributed by atoms with Crippen molar-refractivity contribution in [3.8, 4) is 17.4 Å². The predicted molar refractivity (Wildman–Crippen MR) is 121 cm³/mol. The van der Waals surface area contributed by atoms with Crippen LogP contribution in [-0.2, 0) is 16.2 Å². The number of thiazole rings is 1. The Labute approximate surface area is 197 Å². The first-order valence-electron chi connectivity index (χ1n) is 9.35. The Morgan fingerprint density at radius 3 is 2.59 bits per heavy atom. The number of halogens is 2. The van der Waals surface area contributed by atoms with Crippen LogP contribution in [0.25, 0.3) is 11.0 Å². The second kappa shape index (κ2) is 10.1.